The van der Waals surface area contributed by atoms with E-state index in [-0.39, 0.29) is 23.6 Å². The van der Waals surface area contributed by atoms with Gasteiger partial charge in [-0.2, -0.15) is 0 Å². The normalized spacial score (nSPS) is 51.6. The Labute approximate surface area is 207 Å². The Morgan fingerprint density at radius 3 is 2.32 bits per heavy atom. The SMILES string of the molecule is CC(=O)O[C@H]1[C@@H](C2CCCC2)C[C@H]2[C@@H]3CC[C@H]4C[C@H](O)[C@@H](N5CCCC5)C[C@]4(C)[C@H]3CC[C@@]21C. The van der Waals surface area contributed by atoms with E-state index in [1.165, 1.54) is 90.1 Å². The first kappa shape index (κ1) is 23.8. The second kappa shape index (κ2) is 8.75. The molecule has 1 heterocycles. The molecule has 192 valence electrons. The van der Waals surface area contributed by atoms with Gasteiger partial charge in [0.25, 0.3) is 0 Å². The van der Waals surface area contributed by atoms with Gasteiger partial charge in [0.2, 0.25) is 0 Å². The molecule has 0 spiro atoms. The van der Waals surface area contributed by atoms with Crippen molar-refractivity contribution >= 4 is 5.97 Å². The highest BCUT2D eigenvalue weighted by atomic mass is 16.5. The average Bonchev–Trinajstić information content (AvgIpc) is 3.55. The molecule has 6 fully saturated rings. The molecule has 0 aromatic carbocycles. The van der Waals surface area contributed by atoms with Crippen molar-refractivity contribution in [3.05, 3.63) is 0 Å². The Bertz CT molecular complexity index is 773. The zero-order valence-corrected chi connectivity index (χ0v) is 22.0. The van der Waals surface area contributed by atoms with Gasteiger partial charge in [0.15, 0.2) is 0 Å². The van der Waals surface area contributed by atoms with Gasteiger partial charge in [-0.3, -0.25) is 9.69 Å². The predicted molar refractivity (Wildman–Crippen MR) is 134 cm³/mol. The molecule has 6 rings (SSSR count). The van der Waals surface area contributed by atoms with Crippen molar-refractivity contribution in [2.45, 2.75) is 122 Å². The molecule has 0 radical (unpaired) electrons. The van der Waals surface area contributed by atoms with E-state index >= 15 is 0 Å². The maximum absolute atomic E-state index is 12.2. The van der Waals surface area contributed by atoms with Crippen LogP contribution >= 0.6 is 0 Å². The number of ether oxygens (including phenoxy) is 1. The third-order valence-electron chi connectivity index (χ3n) is 12.6. The van der Waals surface area contributed by atoms with Gasteiger partial charge >= 0.3 is 5.97 Å². The molecule has 1 N–H and O–H groups in total. The van der Waals surface area contributed by atoms with Crippen LogP contribution in [0.3, 0.4) is 0 Å². The Kier molecular flexibility index (Phi) is 6.12. The molecule has 0 unspecified atom stereocenters. The zero-order valence-electron chi connectivity index (χ0n) is 22.0. The Morgan fingerprint density at radius 2 is 1.62 bits per heavy atom. The van der Waals surface area contributed by atoms with Crippen molar-refractivity contribution in [1.29, 1.82) is 0 Å². The molecule has 5 aliphatic carbocycles. The lowest BCUT2D eigenvalue weighted by Gasteiger charge is -2.62. The molecule has 0 bridgehead atoms. The minimum Gasteiger partial charge on any atom is -0.462 e. The second-order valence-electron chi connectivity index (χ2n) is 14.0. The van der Waals surface area contributed by atoms with Crippen molar-refractivity contribution in [2.24, 2.45) is 46.3 Å². The number of aliphatic hydroxyl groups is 1. The summed E-state index contributed by atoms with van der Waals surface area (Å²) in [5.41, 5.74) is 0.519. The van der Waals surface area contributed by atoms with Crippen LogP contribution in [0.5, 0.6) is 0 Å². The number of hydrogen-bond acceptors (Lipinski definition) is 4. The number of fused-ring (bicyclic) bond motifs is 5. The number of likely N-dealkylation sites (tertiary alicyclic amines) is 1. The van der Waals surface area contributed by atoms with Crippen LogP contribution in [0, 0.1) is 46.3 Å². The van der Waals surface area contributed by atoms with Gasteiger partial charge < -0.3 is 9.84 Å². The molecule has 1 aliphatic heterocycles. The van der Waals surface area contributed by atoms with Crippen molar-refractivity contribution in [3.63, 3.8) is 0 Å². The molecule has 6 aliphatic rings. The number of carbonyl (C=O) groups is 1. The van der Waals surface area contributed by atoms with E-state index in [2.05, 4.69) is 18.7 Å². The molecular weight excluding hydrogens is 422 g/mol. The van der Waals surface area contributed by atoms with Gasteiger partial charge in [-0.05, 0) is 112 Å². The Balaban J connectivity index is 1.28. The second-order valence-corrected chi connectivity index (χ2v) is 14.0. The monoisotopic (exact) mass is 471 g/mol. The van der Waals surface area contributed by atoms with Crippen molar-refractivity contribution in [1.82, 2.24) is 4.90 Å². The molecule has 1 saturated heterocycles. The molecule has 0 aromatic heterocycles. The van der Waals surface area contributed by atoms with E-state index in [4.69, 9.17) is 4.74 Å². The van der Waals surface area contributed by atoms with Crippen molar-refractivity contribution < 1.29 is 14.6 Å². The summed E-state index contributed by atoms with van der Waals surface area (Å²) in [6, 6.07) is 0.374. The first-order valence-corrected chi connectivity index (χ1v) is 14.9. The van der Waals surface area contributed by atoms with E-state index in [0.717, 1.165) is 24.2 Å². The largest absolute Gasteiger partial charge is 0.462 e. The molecule has 4 heteroatoms. The lowest BCUT2D eigenvalue weighted by atomic mass is 9.44. The van der Waals surface area contributed by atoms with Gasteiger partial charge in [-0.25, -0.2) is 0 Å². The number of rotatable bonds is 3. The third kappa shape index (κ3) is 3.63. The summed E-state index contributed by atoms with van der Waals surface area (Å²) < 4.78 is 6.24. The first-order valence-electron chi connectivity index (χ1n) is 14.9. The van der Waals surface area contributed by atoms with E-state index in [1.54, 1.807) is 6.92 Å². The maximum atomic E-state index is 12.2. The molecule has 0 amide bonds. The van der Waals surface area contributed by atoms with Crippen LogP contribution in [0.15, 0.2) is 0 Å². The molecule has 0 aromatic rings. The maximum Gasteiger partial charge on any atom is 0.302 e. The number of esters is 1. The standard InChI is InChI=1S/C30H49NO3/c1-19(32)34-28-23(20-8-4-5-9-20)17-25-22-11-10-21-16-27(33)26(31-14-6-7-15-31)18-30(21,3)24(22)12-13-29(25,28)2/h20-28,33H,4-18H2,1-3H3/t21-,22+,23+,24-,25-,26-,27-,28-,29-,30-/m0/s1. The van der Waals surface area contributed by atoms with Gasteiger partial charge in [0.1, 0.15) is 6.10 Å². The molecule has 34 heavy (non-hydrogen) atoms. The topological polar surface area (TPSA) is 49.8 Å². The predicted octanol–water partition coefficient (Wildman–Crippen LogP) is 5.81. The molecule has 4 nitrogen and oxygen atoms in total. The van der Waals surface area contributed by atoms with Gasteiger partial charge in [-0.1, -0.05) is 39.5 Å². The fourth-order valence-corrected chi connectivity index (χ4v) is 11.0. The minimum atomic E-state index is -0.131. The highest BCUT2D eigenvalue weighted by Gasteiger charge is 2.64. The highest BCUT2D eigenvalue weighted by molar-refractivity contribution is 5.66. The van der Waals surface area contributed by atoms with Crippen LogP contribution in [0.1, 0.15) is 104 Å². The van der Waals surface area contributed by atoms with Crippen LogP contribution in [0.25, 0.3) is 0 Å². The minimum absolute atomic E-state index is 0.0672. The summed E-state index contributed by atoms with van der Waals surface area (Å²) >= 11 is 0. The number of nitrogens with zero attached hydrogens (tertiary/aromatic N) is 1. The van der Waals surface area contributed by atoms with E-state index in [9.17, 15) is 9.90 Å². The van der Waals surface area contributed by atoms with Crippen LogP contribution < -0.4 is 0 Å². The zero-order chi connectivity index (χ0) is 23.7. The number of hydrogen-bond donors (Lipinski definition) is 1. The van der Waals surface area contributed by atoms with Gasteiger partial charge in [0.05, 0.1) is 6.10 Å². The summed E-state index contributed by atoms with van der Waals surface area (Å²) in [5.74, 6) is 4.22. The van der Waals surface area contributed by atoms with Crippen molar-refractivity contribution in [3.8, 4) is 0 Å². The lowest BCUT2D eigenvalue weighted by molar-refractivity contribution is -0.170. The summed E-state index contributed by atoms with van der Waals surface area (Å²) in [6.07, 6.45) is 16.7. The smallest absolute Gasteiger partial charge is 0.302 e. The summed E-state index contributed by atoms with van der Waals surface area (Å²) in [6.45, 7) is 9.13. The number of carbonyl (C=O) groups excluding carboxylic acids is 1. The van der Waals surface area contributed by atoms with E-state index in [0.29, 0.717) is 29.2 Å². The molecular formula is C30H49NO3. The third-order valence-corrected chi connectivity index (χ3v) is 12.6. The highest BCUT2D eigenvalue weighted by Crippen LogP contribution is 2.68. The molecule has 5 saturated carbocycles. The van der Waals surface area contributed by atoms with Crippen LogP contribution in [0.4, 0.5) is 0 Å². The van der Waals surface area contributed by atoms with Gasteiger partial charge in [0, 0.05) is 18.4 Å². The Morgan fingerprint density at radius 1 is 0.882 bits per heavy atom. The number of aliphatic hydroxyl groups excluding tert-OH is 1. The summed E-state index contributed by atoms with van der Waals surface area (Å²) in [7, 11) is 0. The van der Waals surface area contributed by atoms with E-state index in [1.807, 2.05) is 0 Å². The first-order chi connectivity index (χ1) is 16.3. The summed E-state index contributed by atoms with van der Waals surface area (Å²) in [5, 5.41) is 11.2. The molecule has 10 atom stereocenters. The van der Waals surface area contributed by atoms with Crippen LogP contribution in [0.2, 0.25) is 0 Å². The lowest BCUT2D eigenvalue weighted by Crippen LogP contribution is -2.59. The summed E-state index contributed by atoms with van der Waals surface area (Å²) in [4.78, 5) is 14.9. The van der Waals surface area contributed by atoms with Crippen molar-refractivity contribution in [2.75, 3.05) is 13.1 Å². The fraction of sp³-hybridized carbons (Fsp3) is 0.967. The fourth-order valence-electron chi connectivity index (χ4n) is 11.0. The average molecular weight is 472 g/mol. The Hall–Kier alpha value is -0.610. The van der Waals surface area contributed by atoms with Gasteiger partial charge in [-0.15, -0.1) is 0 Å². The van der Waals surface area contributed by atoms with E-state index < -0.39 is 0 Å². The van der Waals surface area contributed by atoms with Crippen LogP contribution in [-0.2, 0) is 9.53 Å². The van der Waals surface area contributed by atoms with Crippen LogP contribution in [-0.4, -0.2) is 47.3 Å². The quantitative estimate of drug-likeness (QED) is 0.528.